The molecule has 0 saturated carbocycles. The van der Waals surface area contributed by atoms with Crippen molar-refractivity contribution in [3.05, 3.63) is 28.8 Å². The highest BCUT2D eigenvalue weighted by molar-refractivity contribution is 9.09. The summed E-state index contributed by atoms with van der Waals surface area (Å²) in [6, 6.07) is 4.73. The topological polar surface area (TPSA) is 20.2 Å². The summed E-state index contributed by atoms with van der Waals surface area (Å²) < 4.78 is 0. The quantitative estimate of drug-likeness (QED) is 0.607. The maximum Gasteiger partial charge on any atom is 0.116 e. The van der Waals surface area contributed by atoms with Gasteiger partial charge < -0.3 is 5.11 Å². The number of alkyl halides is 1. The summed E-state index contributed by atoms with van der Waals surface area (Å²) in [5.74, 6) is 6.00. The summed E-state index contributed by atoms with van der Waals surface area (Å²) in [5, 5.41) is 10.6. The van der Waals surface area contributed by atoms with Crippen molar-refractivity contribution >= 4 is 27.5 Å². The Morgan fingerprint density at radius 3 is 2.92 bits per heavy atom. The second-order valence-electron chi connectivity index (χ2n) is 2.40. The fourth-order valence-corrected chi connectivity index (χ4v) is 1.18. The molecule has 13 heavy (non-hydrogen) atoms. The molecule has 3 heteroatoms. The first-order valence-electron chi connectivity index (χ1n) is 3.77. The van der Waals surface area contributed by atoms with Gasteiger partial charge in [-0.3, -0.25) is 0 Å². The molecule has 1 N–H and O–H groups in total. The molecule has 1 nitrogen and oxygen atoms in total. The molecule has 0 aliphatic heterocycles. The van der Waals surface area contributed by atoms with Crippen LogP contribution in [0.3, 0.4) is 0 Å². The van der Waals surface area contributed by atoms with E-state index in [4.69, 9.17) is 16.7 Å². The van der Waals surface area contributed by atoms with Crippen molar-refractivity contribution < 1.29 is 5.11 Å². The summed E-state index contributed by atoms with van der Waals surface area (Å²) >= 11 is 9.12. The van der Waals surface area contributed by atoms with Crippen LogP contribution in [0.2, 0.25) is 5.02 Å². The molecule has 1 aromatic rings. The van der Waals surface area contributed by atoms with Gasteiger partial charge in [-0.1, -0.05) is 39.4 Å². The van der Waals surface area contributed by atoms with Crippen LogP contribution in [0, 0.1) is 11.8 Å². The second kappa shape index (κ2) is 5.16. The Kier molecular flexibility index (Phi) is 4.14. The van der Waals surface area contributed by atoms with Gasteiger partial charge in [-0.05, 0) is 18.2 Å². The molecule has 0 unspecified atom stereocenters. The first kappa shape index (κ1) is 10.4. The fraction of sp³-hybridized carbons (Fsp3) is 0.200. The smallest absolute Gasteiger partial charge is 0.116 e. The van der Waals surface area contributed by atoms with Gasteiger partial charge in [-0.15, -0.1) is 0 Å². The first-order chi connectivity index (χ1) is 6.24. The molecule has 0 heterocycles. The van der Waals surface area contributed by atoms with Crippen LogP contribution in [-0.4, -0.2) is 10.4 Å². The normalized spacial score (nSPS) is 9.08. The van der Waals surface area contributed by atoms with Crippen molar-refractivity contribution in [2.24, 2.45) is 0 Å². The van der Waals surface area contributed by atoms with E-state index in [1.807, 2.05) is 0 Å². The van der Waals surface area contributed by atoms with E-state index in [0.717, 1.165) is 11.8 Å². The van der Waals surface area contributed by atoms with E-state index in [2.05, 4.69) is 27.8 Å². The number of phenolic OH excluding ortho intramolecular Hbond substituents is 1. The monoisotopic (exact) mass is 258 g/mol. The van der Waals surface area contributed by atoms with Crippen molar-refractivity contribution in [2.45, 2.75) is 6.42 Å². The average molecular weight is 260 g/mol. The van der Waals surface area contributed by atoms with Gasteiger partial charge in [0.25, 0.3) is 0 Å². The number of halogens is 2. The zero-order valence-electron chi connectivity index (χ0n) is 6.85. The van der Waals surface area contributed by atoms with Crippen LogP contribution in [0.25, 0.3) is 0 Å². The Balaban J connectivity index is 2.89. The van der Waals surface area contributed by atoms with Crippen molar-refractivity contribution in [1.29, 1.82) is 0 Å². The van der Waals surface area contributed by atoms with Gasteiger partial charge in [0.05, 0.1) is 5.02 Å². The molecule has 0 fully saturated rings. The highest BCUT2D eigenvalue weighted by Crippen LogP contribution is 2.19. The summed E-state index contributed by atoms with van der Waals surface area (Å²) in [6.07, 6.45) is 0.770. The van der Waals surface area contributed by atoms with Crippen LogP contribution in [0.1, 0.15) is 12.0 Å². The third-order valence-electron chi connectivity index (χ3n) is 1.39. The Labute approximate surface area is 90.9 Å². The maximum absolute atomic E-state index is 9.16. The Morgan fingerprint density at radius 1 is 1.46 bits per heavy atom. The molecule has 0 aliphatic carbocycles. The first-order valence-corrected chi connectivity index (χ1v) is 5.27. The summed E-state index contributed by atoms with van der Waals surface area (Å²) in [5.41, 5.74) is 0.669. The molecule has 1 aromatic carbocycles. The summed E-state index contributed by atoms with van der Waals surface area (Å²) in [6.45, 7) is 0. The number of phenols is 1. The standard InChI is InChI=1S/C10H8BrClO/c11-6-2-1-3-8-7-9(13)4-5-10(8)12/h4-5,7,13H,2,6H2. The summed E-state index contributed by atoms with van der Waals surface area (Å²) in [7, 11) is 0. The SMILES string of the molecule is Oc1ccc(Cl)c(C#CCCBr)c1. The number of rotatable bonds is 1. The number of hydrogen-bond acceptors (Lipinski definition) is 1. The molecular formula is C10H8BrClO. The predicted molar refractivity (Wildman–Crippen MR) is 58.4 cm³/mol. The fourth-order valence-electron chi connectivity index (χ4n) is 0.814. The molecule has 0 aliphatic rings. The molecule has 0 saturated heterocycles. The second-order valence-corrected chi connectivity index (χ2v) is 3.61. The van der Waals surface area contributed by atoms with Gasteiger partial charge in [0.2, 0.25) is 0 Å². The minimum absolute atomic E-state index is 0.188. The number of aromatic hydroxyl groups is 1. The van der Waals surface area contributed by atoms with Crippen molar-refractivity contribution in [3.63, 3.8) is 0 Å². The van der Waals surface area contributed by atoms with Gasteiger partial charge in [0.1, 0.15) is 5.75 Å². The molecule has 68 valence electrons. The average Bonchev–Trinajstić information content (AvgIpc) is 2.11. The number of benzene rings is 1. The lowest BCUT2D eigenvalue weighted by molar-refractivity contribution is 0.475. The van der Waals surface area contributed by atoms with Crippen molar-refractivity contribution in [3.8, 4) is 17.6 Å². The van der Waals surface area contributed by atoms with Crippen molar-refractivity contribution in [2.75, 3.05) is 5.33 Å². The van der Waals surface area contributed by atoms with Crippen LogP contribution in [0.4, 0.5) is 0 Å². The highest BCUT2D eigenvalue weighted by Gasteiger charge is 1.96. The lowest BCUT2D eigenvalue weighted by Crippen LogP contribution is -1.77. The van der Waals surface area contributed by atoms with E-state index in [1.54, 1.807) is 12.1 Å². The van der Waals surface area contributed by atoms with E-state index in [1.165, 1.54) is 6.07 Å². The molecular weight excluding hydrogens is 251 g/mol. The molecule has 0 amide bonds. The van der Waals surface area contributed by atoms with E-state index in [9.17, 15) is 0 Å². The molecule has 0 bridgehead atoms. The minimum atomic E-state index is 0.188. The lowest BCUT2D eigenvalue weighted by Gasteiger charge is -1.95. The summed E-state index contributed by atoms with van der Waals surface area (Å²) in [4.78, 5) is 0. The van der Waals surface area contributed by atoms with E-state index >= 15 is 0 Å². The molecule has 1 rings (SSSR count). The third-order valence-corrected chi connectivity index (χ3v) is 2.12. The van der Waals surface area contributed by atoms with E-state index < -0.39 is 0 Å². The molecule has 0 atom stereocenters. The molecule has 0 aromatic heterocycles. The Morgan fingerprint density at radius 2 is 2.23 bits per heavy atom. The Hall–Kier alpha value is -0.650. The van der Waals surface area contributed by atoms with Gasteiger partial charge in [0.15, 0.2) is 0 Å². The van der Waals surface area contributed by atoms with Crippen LogP contribution < -0.4 is 0 Å². The van der Waals surface area contributed by atoms with E-state index in [-0.39, 0.29) is 5.75 Å². The van der Waals surface area contributed by atoms with Crippen LogP contribution >= 0.6 is 27.5 Å². The van der Waals surface area contributed by atoms with Gasteiger partial charge in [-0.2, -0.15) is 0 Å². The van der Waals surface area contributed by atoms with Gasteiger partial charge in [0, 0.05) is 17.3 Å². The van der Waals surface area contributed by atoms with Gasteiger partial charge in [-0.25, -0.2) is 0 Å². The van der Waals surface area contributed by atoms with Crippen molar-refractivity contribution in [1.82, 2.24) is 0 Å². The highest BCUT2D eigenvalue weighted by atomic mass is 79.9. The van der Waals surface area contributed by atoms with Crippen LogP contribution in [0.15, 0.2) is 18.2 Å². The molecule has 0 radical (unpaired) electrons. The van der Waals surface area contributed by atoms with E-state index in [0.29, 0.717) is 10.6 Å². The Bertz CT molecular complexity index is 352. The third kappa shape index (κ3) is 3.30. The largest absolute Gasteiger partial charge is 0.508 e. The zero-order chi connectivity index (χ0) is 9.68. The maximum atomic E-state index is 9.16. The zero-order valence-corrected chi connectivity index (χ0v) is 9.19. The number of hydrogen-bond donors (Lipinski definition) is 1. The lowest BCUT2D eigenvalue weighted by atomic mass is 10.2. The van der Waals surface area contributed by atoms with Gasteiger partial charge >= 0.3 is 0 Å². The van der Waals surface area contributed by atoms with Crippen LogP contribution in [0.5, 0.6) is 5.75 Å². The minimum Gasteiger partial charge on any atom is -0.508 e. The van der Waals surface area contributed by atoms with Crippen LogP contribution in [-0.2, 0) is 0 Å². The molecule has 0 spiro atoms. The predicted octanol–water partition coefficient (Wildman–Crippen LogP) is 3.18.